The molecule has 3 atom stereocenters. The zero-order valence-electron chi connectivity index (χ0n) is 20.7. The van der Waals surface area contributed by atoms with Crippen LogP contribution in [0.5, 0.6) is 0 Å². The molecule has 1 heterocycles. The first-order chi connectivity index (χ1) is 17.4. The third-order valence-electron chi connectivity index (χ3n) is 5.09. The van der Waals surface area contributed by atoms with Crippen molar-refractivity contribution in [2.45, 2.75) is 50.1 Å². The quantitative estimate of drug-likeness (QED) is 0.469. The number of carbonyl (C=O) groups is 4. The highest BCUT2D eigenvalue weighted by atomic mass is 32.2. The molecule has 0 aliphatic carbocycles. The zero-order valence-corrected chi connectivity index (χ0v) is 21.5. The number of ether oxygens (including phenoxy) is 2. The van der Waals surface area contributed by atoms with Crippen LogP contribution in [0.4, 0.5) is 19.7 Å². The second-order valence-corrected chi connectivity index (χ2v) is 10.4. The Morgan fingerprint density at radius 1 is 1.11 bits per heavy atom. The Hall–Kier alpha value is -3.80. The molecule has 0 saturated carbocycles. The molecular weight excluding hydrogens is 505 g/mol. The van der Waals surface area contributed by atoms with Gasteiger partial charge in [0, 0.05) is 11.3 Å². The fraction of sp³-hybridized carbons (Fsp3) is 0.360. The van der Waals surface area contributed by atoms with Gasteiger partial charge in [0.2, 0.25) is 5.91 Å². The Bertz CT molecular complexity index is 1190. The van der Waals surface area contributed by atoms with Crippen LogP contribution in [0.25, 0.3) is 0 Å². The van der Waals surface area contributed by atoms with Crippen molar-refractivity contribution in [1.29, 1.82) is 0 Å². The van der Waals surface area contributed by atoms with Crippen LogP contribution in [0.3, 0.4) is 0 Å². The summed E-state index contributed by atoms with van der Waals surface area (Å²) in [6, 6.07) is 10.5. The van der Waals surface area contributed by atoms with Gasteiger partial charge in [-0.15, -0.1) is 0 Å². The molecule has 0 unspecified atom stereocenters. The molecule has 2 aromatic rings. The van der Waals surface area contributed by atoms with Crippen LogP contribution in [-0.2, 0) is 19.1 Å². The van der Waals surface area contributed by atoms with E-state index >= 15 is 0 Å². The predicted octanol–water partition coefficient (Wildman–Crippen LogP) is 4.26. The summed E-state index contributed by atoms with van der Waals surface area (Å²) in [6.45, 7) is 6.18. The number of carboxylic acid groups (broad SMARTS) is 1. The maximum Gasteiger partial charge on any atom is 0.506 e. The van der Waals surface area contributed by atoms with E-state index in [0.717, 1.165) is 16.5 Å². The van der Waals surface area contributed by atoms with Gasteiger partial charge in [-0.3, -0.25) is 4.79 Å². The lowest BCUT2D eigenvalue weighted by atomic mass is 10.0. The van der Waals surface area contributed by atoms with Crippen molar-refractivity contribution in [3.05, 3.63) is 65.5 Å². The Kier molecular flexibility index (Phi) is 8.64. The van der Waals surface area contributed by atoms with Crippen molar-refractivity contribution in [3.8, 4) is 0 Å². The highest BCUT2D eigenvalue weighted by Gasteiger charge is 2.52. The van der Waals surface area contributed by atoms with Crippen LogP contribution < -0.4 is 10.6 Å². The number of anilines is 1. The van der Waals surface area contributed by atoms with Crippen LogP contribution >= 0.6 is 11.8 Å². The van der Waals surface area contributed by atoms with Gasteiger partial charge in [-0.2, -0.15) is 0 Å². The van der Waals surface area contributed by atoms with Gasteiger partial charge < -0.3 is 30.1 Å². The van der Waals surface area contributed by atoms with Crippen LogP contribution in [-0.4, -0.2) is 57.0 Å². The number of halogens is 1. The number of amides is 3. The second-order valence-electron chi connectivity index (χ2n) is 9.22. The third-order valence-corrected chi connectivity index (χ3v) is 6.39. The number of hydrogen-bond donors (Lipinski definition) is 3. The molecule has 1 saturated heterocycles. The Morgan fingerprint density at radius 2 is 1.81 bits per heavy atom. The molecule has 1 fully saturated rings. The molecule has 3 N–H and O–H groups in total. The average Bonchev–Trinajstić information content (AvgIpc) is 3.15. The minimum atomic E-state index is -1.66. The first-order valence-corrected chi connectivity index (χ1v) is 12.2. The summed E-state index contributed by atoms with van der Waals surface area (Å²) in [5.74, 6) is -2.33. The standard InChI is InChI=1S/C25H28FN3O7S/c1-14-8-7-9-15(12-14)28-23(32)27-13-18(30)29-19(16-10-5-6-11-17(16)26)22(35-24(33)34)37-20(29)21(31)36-25(2,3)4/h5-12,19-20,22H,13H2,1-4H3,(H,33,34)(H2,27,28,32)/t19-,20-,22+/m0/s1. The Labute approximate surface area is 217 Å². The SMILES string of the molecule is Cc1cccc(NC(=O)NCC(=O)N2[C@H](C(=O)OC(C)(C)C)S[C@@H](OC(=O)O)[C@@H]2c2ccccc2F)c1. The Morgan fingerprint density at radius 3 is 2.43 bits per heavy atom. The first kappa shape index (κ1) is 27.8. The fourth-order valence-electron chi connectivity index (χ4n) is 3.70. The van der Waals surface area contributed by atoms with Crippen molar-refractivity contribution in [1.82, 2.24) is 10.2 Å². The van der Waals surface area contributed by atoms with Crippen LogP contribution in [0.2, 0.25) is 0 Å². The van der Waals surface area contributed by atoms with E-state index in [2.05, 4.69) is 10.6 Å². The van der Waals surface area contributed by atoms with E-state index in [-0.39, 0.29) is 5.56 Å². The lowest BCUT2D eigenvalue weighted by molar-refractivity contribution is -0.161. The minimum absolute atomic E-state index is 0.0510. The molecular formula is C25H28FN3O7S. The minimum Gasteiger partial charge on any atom is -0.458 e. The normalized spacial score (nSPS) is 19.2. The van der Waals surface area contributed by atoms with Crippen molar-refractivity contribution in [2.24, 2.45) is 0 Å². The molecule has 2 aromatic carbocycles. The molecule has 0 bridgehead atoms. The number of esters is 1. The van der Waals surface area contributed by atoms with E-state index in [1.807, 2.05) is 13.0 Å². The number of rotatable bonds is 6. The van der Waals surface area contributed by atoms with Gasteiger partial charge in [-0.1, -0.05) is 42.1 Å². The van der Waals surface area contributed by atoms with Crippen LogP contribution in [0, 0.1) is 12.7 Å². The smallest absolute Gasteiger partial charge is 0.458 e. The van der Waals surface area contributed by atoms with Crippen molar-refractivity contribution in [2.75, 3.05) is 11.9 Å². The van der Waals surface area contributed by atoms with Crippen LogP contribution in [0.15, 0.2) is 48.5 Å². The fourth-order valence-corrected chi connectivity index (χ4v) is 5.06. The monoisotopic (exact) mass is 533 g/mol. The summed E-state index contributed by atoms with van der Waals surface area (Å²) in [6.07, 6.45) is -1.66. The van der Waals surface area contributed by atoms with E-state index in [9.17, 15) is 28.7 Å². The molecule has 0 aromatic heterocycles. The largest absolute Gasteiger partial charge is 0.506 e. The molecule has 3 amide bonds. The lowest BCUT2D eigenvalue weighted by Crippen LogP contribution is -2.48. The molecule has 0 radical (unpaired) electrons. The second kappa shape index (κ2) is 11.5. The molecule has 37 heavy (non-hydrogen) atoms. The van der Waals surface area contributed by atoms with E-state index in [1.54, 1.807) is 39.0 Å². The van der Waals surface area contributed by atoms with E-state index < -0.39 is 58.9 Å². The number of urea groups is 1. The Balaban J connectivity index is 1.89. The van der Waals surface area contributed by atoms with Crippen LogP contribution in [0.1, 0.15) is 37.9 Å². The van der Waals surface area contributed by atoms with Gasteiger partial charge in [0.15, 0.2) is 10.8 Å². The summed E-state index contributed by atoms with van der Waals surface area (Å²) in [5.41, 5.74) is -0.882. The van der Waals surface area contributed by atoms with Gasteiger partial charge in [0.05, 0.1) is 6.54 Å². The zero-order chi connectivity index (χ0) is 27.3. The van der Waals surface area contributed by atoms with Crippen molar-refractivity contribution < 1.29 is 38.1 Å². The molecule has 1 aliphatic rings. The summed E-state index contributed by atoms with van der Waals surface area (Å²) in [7, 11) is 0. The molecule has 1 aliphatic heterocycles. The third kappa shape index (κ3) is 7.35. The van der Waals surface area contributed by atoms with Gasteiger partial charge in [-0.25, -0.2) is 18.8 Å². The predicted molar refractivity (Wildman–Crippen MR) is 134 cm³/mol. The van der Waals surface area contributed by atoms with Crippen molar-refractivity contribution >= 4 is 41.5 Å². The average molecular weight is 534 g/mol. The number of nitrogens with zero attached hydrogens (tertiary/aromatic N) is 1. The lowest BCUT2D eigenvalue weighted by Gasteiger charge is -2.31. The summed E-state index contributed by atoms with van der Waals surface area (Å²) >= 11 is 0.707. The highest BCUT2D eigenvalue weighted by Crippen LogP contribution is 2.46. The number of carbonyl (C=O) groups excluding carboxylic acids is 3. The molecule has 0 spiro atoms. The summed E-state index contributed by atoms with van der Waals surface area (Å²) < 4.78 is 25.2. The number of thioether (sulfide) groups is 1. The summed E-state index contributed by atoms with van der Waals surface area (Å²) in [4.78, 5) is 51.3. The van der Waals surface area contributed by atoms with E-state index in [1.165, 1.54) is 18.2 Å². The highest BCUT2D eigenvalue weighted by molar-refractivity contribution is 8.01. The molecule has 3 rings (SSSR count). The molecule has 10 nitrogen and oxygen atoms in total. The van der Waals surface area contributed by atoms with Gasteiger partial charge >= 0.3 is 18.2 Å². The number of hydrogen-bond acceptors (Lipinski definition) is 7. The number of benzene rings is 2. The van der Waals surface area contributed by atoms with Crippen molar-refractivity contribution in [3.63, 3.8) is 0 Å². The van der Waals surface area contributed by atoms with Gasteiger partial charge in [0.25, 0.3) is 0 Å². The van der Waals surface area contributed by atoms with E-state index in [4.69, 9.17) is 9.47 Å². The van der Waals surface area contributed by atoms with E-state index in [0.29, 0.717) is 17.4 Å². The molecule has 198 valence electrons. The molecule has 12 heteroatoms. The first-order valence-electron chi connectivity index (χ1n) is 11.3. The maximum atomic E-state index is 14.8. The van der Waals surface area contributed by atoms with Gasteiger partial charge in [-0.05, 0) is 51.5 Å². The van der Waals surface area contributed by atoms with Gasteiger partial charge in [0.1, 0.15) is 17.5 Å². The number of aryl methyl sites for hydroxylation is 1. The maximum absolute atomic E-state index is 14.8. The summed E-state index contributed by atoms with van der Waals surface area (Å²) in [5, 5.41) is 12.9. The topological polar surface area (TPSA) is 134 Å². The number of nitrogens with one attached hydrogen (secondary N) is 2.